The number of aliphatic carboxylic acids is 2. The van der Waals surface area contributed by atoms with E-state index in [-0.39, 0.29) is 17.0 Å². The van der Waals surface area contributed by atoms with Gasteiger partial charge in [-0.25, -0.2) is 9.36 Å². The first-order valence-electron chi connectivity index (χ1n) is 10.2. The third-order valence-corrected chi connectivity index (χ3v) is 6.78. The number of aromatic nitrogens is 1. The Morgan fingerprint density at radius 3 is 2.46 bits per heavy atom. The minimum atomic E-state index is -5.08. The second kappa shape index (κ2) is 10.1. The van der Waals surface area contributed by atoms with Crippen molar-refractivity contribution < 1.29 is 47.1 Å². The predicted molar refractivity (Wildman–Crippen MR) is 113 cm³/mol. The van der Waals surface area contributed by atoms with Crippen molar-refractivity contribution in [3.8, 4) is 0 Å². The van der Waals surface area contributed by atoms with Crippen molar-refractivity contribution in [1.29, 1.82) is 0 Å². The number of halogens is 3. The summed E-state index contributed by atoms with van der Waals surface area (Å²) in [5.74, 6) is -4.34. The molecule has 1 aromatic rings. The Labute approximate surface area is 201 Å². The van der Waals surface area contributed by atoms with Crippen molar-refractivity contribution >= 4 is 35.5 Å². The Morgan fingerprint density at radius 2 is 1.91 bits per heavy atom. The molecule has 4 heterocycles. The summed E-state index contributed by atoms with van der Waals surface area (Å²) in [6.45, 7) is 1.07. The molecule has 2 fully saturated rings. The van der Waals surface area contributed by atoms with Crippen molar-refractivity contribution in [2.45, 2.75) is 30.6 Å². The van der Waals surface area contributed by atoms with E-state index in [1.165, 1.54) is 16.7 Å². The van der Waals surface area contributed by atoms with Gasteiger partial charge in [-0.2, -0.15) is 13.2 Å². The number of carbonyl (C=O) groups is 4. The normalized spacial score (nSPS) is 23.1. The zero-order valence-electron chi connectivity index (χ0n) is 18.3. The summed E-state index contributed by atoms with van der Waals surface area (Å²) in [6.07, 6.45) is 0.908. The van der Waals surface area contributed by atoms with E-state index in [9.17, 15) is 32.7 Å². The van der Waals surface area contributed by atoms with E-state index in [0.29, 0.717) is 36.4 Å². The number of amides is 2. The van der Waals surface area contributed by atoms with Crippen LogP contribution in [0.2, 0.25) is 0 Å². The van der Waals surface area contributed by atoms with Crippen LogP contribution in [-0.4, -0.2) is 68.5 Å². The molecule has 3 N–H and O–H groups in total. The quantitative estimate of drug-likeness (QED) is 0.297. The lowest BCUT2D eigenvalue weighted by molar-refractivity contribution is -0.671. The lowest BCUT2D eigenvalue weighted by Crippen LogP contribution is -2.69. The first-order valence-corrected chi connectivity index (χ1v) is 11.2. The molecule has 2 atom stereocenters. The van der Waals surface area contributed by atoms with E-state index in [4.69, 9.17) is 15.6 Å². The standard InChI is InChI=1S/C19H20N4O4S.C2HF3O2/c1-21-5-2-11(3-6-21)9-22-7-4-12(16(22)24)8-13-10-28-18-14(20)17(25)23(18)15(13)19(26)27;3-2(4,5)1(6)7/h2-3,5-6,8,14,18H,4,7,9-10,20H2,1H3;(H,6,7)/b12-8+;/t14-,18-;/m1./s1. The molecule has 2 amide bonds. The van der Waals surface area contributed by atoms with E-state index < -0.39 is 30.1 Å². The molecule has 2 saturated heterocycles. The summed E-state index contributed by atoms with van der Waals surface area (Å²) in [5, 5.41) is 18.4. The maximum absolute atomic E-state index is 12.8. The number of nitrogens with two attached hydrogens (primary N) is 1. The van der Waals surface area contributed by atoms with E-state index in [0.717, 1.165) is 5.56 Å². The third kappa shape index (κ3) is 5.65. The van der Waals surface area contributed by atoms with Gasteiger partial charge in [0.15, 0.2) is 12.4 Å². The van der Waals surface area contributed by atoms with Gasteiger partial charge in [-0.3, -0.25) is 14.5 Å². The number of allylic oxidation sites excluding steroid dienone is 1. The topological polar surface area (TPSA) is 148 Å². The van der Waals surface area contributed by atoms with Gasteiger partial charge in [0.25, 0.3) is 0 Å². The fourth-order valence-corrected chi connectivity index (χ4v) is 4.91. The maximum atomic E-state index is 12.8. The van der Waals surface area contributed by atoms with E-state index in [1.807, 2.05) is 36.1 Å². The molecule has 0 unspecified atom stereocenters. The highest BCUT2D eigenvalue weighted by Crippen LogP contribution is 2.40. The number of carboxylic acid groups (broad SMARTS) is 2. The van der Waals surface area contributed by atoms with Gasteiger partial charge in [0.1, 0.15) is 18.5 Å². The molecule has 0 spiro atoms. The number of β-lactam (4-membered cyclic amide) rings is 1. The summed E-state index contributed by atoms with van der Waals surface area (Å²) < 4.78 is 33.7. The smallest absolute Gasteiger partial charge is 0.490 e. The number of carbonyl (C=O) groups excluding carboxylic acids is 3. The van der Waals surface area contributed by atoms with Crippen LogP contribution in [0, 0.1) is 0 Å². The van der Waals surface area contributed by atoms with Gasteiger partial charge in [0, 0.05) is 36.5 Å². The SMILES string of the molecule is C[n+]1ccc(CN2CC/C(=C\C3=C(C(=O)[O-])N4C(=O)[C@@H](N)[C@H]4SC3)C2=O)cc1.O=C(O)C(F)(F)F. The Balaban J connectivity index is 0.000000429. The number of carboxylic acids is 2. The largest absolute Gasteiger partial charge is 0.543 e. The molecule has 35 heavy (non-hydrogen) atoms. The molecule has 1 aromatic heterocycles. The second-order valence-electron chi connectivity index (χ2n) is 7.92. The molecular weight excluding hydrogens is 493 g/mol. The van der Waals surface area contributed by atoms with E-state index in [1.54, 1.807) is 11.0 Å². The number of hydrogen-bond donors (Lipinski definition) is 2. The first kappa shape index (κ1) is 26.2. The minimum absolute atomic E-state index is 0.114. The predicted octanol–water partition coefficient (Wildman–Crippen LogP) is -0.950. The molecule has 0 aliphatic carbocycles. The van der Waals surface area contributed by atoms with Gasteiger partial charge in [-0.1, -0.05) is 0 Å². The Bertz CT molecular complexity index is 1120. The summed E-state index contributed by atoms with van der Waals surface area (Å²) in [6, 6.07) is 3.23. The fourth-order valence-electron chi connectivity index (χ4n) is 3.66. The molecule has 0 bridgehead atoms. The third-order valence-electron chi connectivity index (χ3n) is 5.46. The highest BCUT2D eigenvalue weighted by molar-refractivity contribution is 8.00. The Hall–Kier alpha value is -3.39. The number of thioether (sulfide) groups is 1. The average molecular weight is 514 g/mol. The molecule has 14 heteroatoms. The highest BCUT2D eigenvalue weighted by Gasteiger charge is 2.50. The molecule has 3 aliphatic heterocycles. The van der Waals surface area contributed by atoms with Crippen LogP contribution in [0.3, 0.4) is 0 Å². The number of hydrogen-bond acceptors (Lipinski definition) is 7. The number of likely N-dealkylation sites (tertiary alicyclic amines) is 1. The Kier molecular flexibility index (Phi) is 7.55. The number of alkyl halides is 3. The Morgan fingerprint density at radius 1 is 1.31 bits per heavy atom. The summed E-state index contributed by atoms with van der Waals surface area (Å²) in [5.41, 5.74) is 7.59. The van der Waals surface area contributed by atoms with Gasteiger partial charge in [-0.05, 0) is 23.6 Å². The van der Waals surface area contributed by atoms with Crippen molar-refractivity contribution in [1.82, 2.24) is 9.80 Å². The fraction of sp³-hybridized carbons (Fsp3) is 0.381. The van der Waals surface area contributed by atoms with Crippen LogP contribution in [0.15, 0.2) is 47.4 Å². The van der Waals surface area contributed by atoms with Crippen LogP contribution < -0.4 is 15.4 Å². The summed E-state index contributed by atoms with van der Waals surface area (Å²) in [7, 11) is 1.93. The number of rotatable bonds is 4. The zero-order chi connectivity index (χ0) is 26.1. The van der Waals surface area contributed by atoms with E-state index >= 15 is 0 Å². The monoisotopic (exact) mass is 514 g/mol. The maximum Gasteiger partial charge on any atom is 0.490 e. The molecule has 3 aliphatic rings. The van der Waals surface area contributed by atoms with Crippen molar-refractivity contribution in [3.05, 3.63) is 53.0 Å². The molecule has 10 nitrogen and oxygen atoms in total. The van der Waals surface area contributed by atoms with Crippen molar-refractivity contribution in [2.24, 2.45) is 12.8 Å². The van der Waals surface area contributed by atoms with E-state index in [2.05, 4.69) is 0 Å². The second-order valence-corrected chi connectivity index (χ2v) is 9.02. The van der Waals surface area contributed by atoms with Crippen LogP contribution >= 0.6 is 11.8 Å². The van der Waals surface area contributed by atoms with Gasteiger partial charge in [0.2, 0.25) is 11.8 Å². The van der Waals surface area contributed by atoms with Crippen LogP contribution in [0.4, 0.5) is 13.2 Å². The summed E-state index contributed by atoms with van der Waals surface area (Å²) >= 11 is 1.40. The lowest BCUT2D eigenvalue weighted by Gasteiger charge is -2.49. The molecule has 188 valence electrons. The minimum Gasteiger partial charge on any atom is -0.543 e. The number of aryl methyl sites for hydroxylation is 1. The zero-order valence-corrected chi connectivity index (χ0v) is 19.1. The van der Waals surface area contributed by atoms with Gasteiger partial charge < -0.3 is 25.6 Å². The van der Waals surface area contributed by atoms with Gasteiger partial charge in [-0.15, -0.1) is 11.8 Å². The highest BCUT2D eigenvalue weighted by atomic mass is 32.2. The van der Waals surface area contributed by atoms with Crippen molar-refractivity contribution in [2.75, 3.05) is 12.3 Å². The molecular formula is C21H21F3N4O6S. The number of nitrogens with zero attached hydrogens (tertiary/aromatic N) is 3. The van der Waals surface area contributed by atoms with Crippen LogP contribution in [0.5, 0.6) is 0 Å². The van der Waals surface area contributed by atoms with Gasteiger partial charge >= 0.3 is 12.1 Å². The van der Waals surface area contributed by atoms with Crippen LogP contribution in [0.1, 0.15) is 12.0 Å². The molecule has 0 aromatic carbocycles. The average Bonchev–Trinajstić information content (AvgIpc) is 3.13. The van der Waals surface area contributed by atoms with Gasteiger partial charge in [0.05, 0.1) is 11.7 Å². The van der Waals surface area contributed by atoms with Crippen LogP contribution in [0.25, 0.3) is 0 Å². The van der Waals surface area contributed by atoms with Crippen molar-refractivity contribution in [3.63, 3.8) is 0 Å². The molecule has 0 radical (unpaired) electrons. The molecule has 0 saturated carbocycles. The summed E-state index contributed by atoms with van der Waals surface area (Å²) in [4.78, 5) is 48.2. The van der Waals surface area contributed by atoms with Crippen LogP contribution in [-0.2, 0) is 32.8 Å². The number of fused-ring (bicyclic) bond motifs is 1. The lowest BCUT2D eigenvalue weighted by atomic mass is 10.0. The first-order chi connectivity index (χ1) is 16.3. The molecule has 4 rings (SSSR count). The number of pyridine rings is 1.